The molecule has 1 fully saturated rings. The second kappa shape index (κ2) is 4.99. The summed E-state index contributed by atoms with van der Waals surface area (Å²) in [4.78, 5) is 0. The molecule has 0 nitrogen and oxygen atoms in total. The van der Waals surface area contributed by atoms with Gasteiger partial charge in [0.05, 0.1) is 0 Å². The molecular formula is C12H17ClSi. The van der Waals surface area contributed by atoms with E-state index in [1.807, 2.05) is 0 Å². The van der Waals surface area contributed by atoms with E-state index in [9.17, 15) is 0 Å². The molecule has 2 rings (SSSR count). The van der Waals surface area contributed by atoms with Crippen molar-refractivity contribution in [3.63, 3.8) is 0 Å². The summed E-state index contributed by atoms with van der Waals surface area (Å²) in [5, 5.41) is 0. The lowest BCUT2D eigenvalue weighted by Crippen LogP contribution is -2.15. The van der Waals surface area contributed by atoms with E-state index in [0.717, 1.165) is 5.54 Å². The van der Waals surface area contributed by atoms with Gasteiger partial charge in [0.2, 0.25) is 0 Å². The molecule has 0 amide bonds. The fourth-order valence-corrected chi connectivity index (χ4v) is 5.87. The molecule has 0 aliphatic heterocycles. The van der Waals surface area contributed by atoms with Gasteiger partial charge < -0.3 is 0 Å². The second-order valence-electron chi connectivity index (χ2n) is 4.25. The maximum absolute atomic E-state index is 6.56. The molecule has 1 aliphatic carbocycles. The van der Waals surface area contributed by atoms with Gasteiger partial charge in [0.15, 0.2) is 0 Å². The van der Waals surface area contributed by atoms with E-state index in [1.54, 1.807) is 0 Å². The summed E-state index contributed by atoms with van der Waals surface area (Å²) in [7, 11) is -1.01. The fraction of sp³-hybridized carbons (Fsp3) is 0.500. The first kappa shape index (κ1) is 10.3. The Morgan fingerprint density at radius 3 is 2.43 bits per heavy atom. The van der Waals surface area contributed by atoms with Crippen LogP contribution >= 0.6 is 11.1 Å². The molecule has 14 heavy (non-hydrogen) atoms. The molecule has 0 N–H and O–H groups in total. The molecule has 76 valence electrons. The lowest BCUT2D eigenvalue weighted by atomic mass is 10.2. The summed E-state index contributed by atoms with van der Waals surface area (Å²) in [6.07, 6.45) is 5.62. The molecule has 1 aromatic rings. The normalized spacial score (nSPS) is 19.8. The molecule has 0 bridgehead atoms. The minimum atomic E-state index is -1.01. The molecule has 2 heteroatoms. The molecular weight excluding hydrogens is 208 g/mol. The van der Waals surface area contributed by atoms with Crippen LogP contribution in [0.2, 0.25) is 5.54 Å². The third kappa shape index (κ3) is 2.61. The van der Waals surface area contributed by atoms with Crippen molar-refractivity contribution >= 4 is 19.2 Å². The van der Waals surface area contributed by atoms with Gasteiger partial charge in [-0.2, -0.15) is 11.1 Å². The van der Waals surface area contributed by atoms with E-state index in [1.165, 1.54) is 37.3 Å². The monoisotopic (exact) mass is 224 g/mol. The van der Waals surface area contributed by atoms with E-state index >= 15 is 0 Å². The van der Waals surface area contributed by atoms with Crippen molar-refractivity contribution in [1.29, 1.82) is 0 Å². The number of hydrogen-bond acceptors (Lipinski definition) is 0. The van der Waals surface area contributed by atoms with E-state index in [4.69, 9.17) is 11.1 Å². The van der Waals surface area contributed by atoms with E-state index in [2.05, 4.69) is 30.3 Å². The van der Waals surface area contributed by atoms with Crippen LogP contribution in [0, 0.1) is 0 Å². The van der Waals surface area contributed by atoms with Crippen LogP contribution in [0.3, 0.4) is 0 Å². The van der Waals surface area contributed by atoms with Crippen LogP contribution in [-0.2, 0) is 6.04 Å². The first-order valence-corrected chi connectivity index (χ1v) is 8.77. The highest BCUT2D eigenvalue weighted by atomic mass is 35.6. The van der Waals surface area contributed by atoms with Crippen molar-refractivity contribution in [2.75, 3.05) is 0 Å². The van der Waals surface area contributed by atoms with E-state index < -0.39 is 8.11 Å². The standard InChI is InChI=1S/C12H17ClSi/c13-14(12-8-4-5-9-12)10-11-6-2-1-3-7-11/h1-3,6-7,12,14H,4-5,8-10H2. The van der Waals surface area contributed by atoms with Gasteiger partial charge in [0.25, 0.3) is 0 Å². The van der Waals surface area contributed by atoms with Crippen LogP contribution in [0.25, 0.3) is 0 Å². The maximum atomic E-state index is 6.56. The largest absolute Gasteiger partial charge is 0.171 e. The topological polar surface area (TPSA) is 0 Å². The molecule has 1 saturated carbocycles. The van der Waals surface area contributed by atoms with Gasteiger partial charge in [0, 0.05) is 0 Å². The molecule has 0 spiro atoms. The number of rotatable bonds is 3. The van der Waals surface area contributed by atoms with Crippen LogP contribution in [0.15, 0.2) is 30.3 Å². The van der Waals surface area contributed by atoms with Gasteiger partial charge >= 0.3 is 0 Å². The third-order valence-corrected chi connectivity index (χ3v) is 7.27. The van der Waals surface area contributed by atoms with Crippen molar-refractivity contribution in [3.8, 4) is 0 Å². The molecule has 0 heterocycles. The Morgan fingerprint density at radius 2 is 1.79 bits per heavy atom. The van der Waals surface area contributed by atoms with Gasteiger partial charge in [-0.15, -0.1) is 0 Å². The molecule has 0 aromatic heterocycles. The van der Waals surface area contributed by atoms with Crippen molar-refractivity contribution in [1.82, 2.24) is 0 Å². The van der Waals surface area contributed by atoms with Crippen LogP contribution in [0.5, 0.6) is 0 Å². The zero-order chi connectivity index (χ0) is 9.80. The van der Waals surface area contributed by atoms with Crippen molar-refractivity contribution in [2.45, 2.75) is 37.3 Å². The number of halogens is 1. The Bertz CT molecular complexity index is 267. The van der Waals surface area contributed by atoms with Crippen molar-refractivity contribution in [2.24, 2.45) is 0 Å². The zero-order valence-corrected chi connectivity index (χ0v) is 10.4. The fourth-order valence-electron chi connectivity index (χ4n) is 2.33. The molecule has 1 aromatic carbocycles. The third-order valence-electron chi connectivity index (χ3n) is 3.18. The van der Waals surface area contributed by atoms with Gasteiger partial charge in [-0.3, -0.25) is 0 Å². The molecule has 0 saturated heterocycles. The highest BCUT2D eigenvalue weighted by Crippen LogP contribution is 2.35. The van der Waals surface area contributed by atoms with E-state index in [0.29, 0.717) is 0 Å². The van der Waals surface area contributed by atoms with E-state index in [-0.39, 0.29) is 0 Å². The maximum Gasteiger partial charge on any atom is 0.148 e. The van der Waals surface area contributed by atoms with Gasteiger partial charge in [-0.1, -0.05) is 56.0 Å². The highest BCUT2D eigenvalue weighted by molar-refractivity contribution is 7.07. The summed E-state index contributed by atoms with van der Waals surface area (Å²) < 4.78 is 0. The van der Waals surface area contributed by atoms with Crippen LogP contribution < -0.4 is 0 Å². The predicted molar refractivity (Wildman–Crippen MR) is 65.4 cm³/mol. The summed E-state index contributed by atoms with van der Waals surface area (Å²) >= 11 is 6.56. The van der Waals surface area contributed by atoms with Crippen molar-refractivity contribution in [3.05, 3.63) is 35.9 Å². The molecule has 1 atom stereocenters. The van der Waals surface area contributed by atoms with Gasteiger partial charge in [-0.25, -0.2) is 0 Å². The Morgan fingerprint density at radius 1 is 1.14 bits per heavy atom. The average Bonchev–Trinajstić information content (AvgIpc) is 2.72. The summed E-state index contributed by atoms with van der Waals surface area (Å²) in [5.74, 6) is 0. The highest BCUT2D eigenvalue weighted by Gasteiger charge is 2.24. The Labute approximate surface area is 92.6 Å². The summed E-state index contributed by atoms with van der Waals surface area (Å²) in [6, 6.07) is 11.9. The van der Waals surface area contributed by atoms with Gasteiger partial charge in [0.1, 0.15) is 8.11 Å². The molecule has 1 aliphatic rings. The lowest BCUT2D eigenvalue weighted by molar-refractivity contribution is 0.857. The Kier molecular flexibility index (Phi) is 3.65. The smallest absolute Gasteiger partial charge is 0.148 e. The Hall–Kier alpha value is -0.273. The summed E-state index contributed by atoms with van der Waals surface area (Å²) in [6.45, 7) is 0. The van der Waals surface area contributed by atoms with Crippen molar-refractivity contribution < 1.29 is 0 Å². The summed E-state index contributed by atoms with van der Waals surface area (Å²) in [5.41, 5.74) is 2.34. The number of hydrogen-bond donors (Lipinski definition) is 0. The minimum Gasteiger partial charge on any atom is -0.171 e. The predicted octanol–water partition coefficient (Wildman–Crippen LogP) is 3.68. The Balaban J connectivity index is 1.90. The molecule has 1 unspecified atom stereocenters. The minimum absolute atomic E-state index is 0.900. The number of benzene rings is 1. The first-order valence-electron chi connectivity index (χ1n) is 5.54. The van der Waals surface area contributed by atoms with Crippen LogP contribution in [-0.4, -0.2) is 8.11 Å². The first-order chi connectivity index (χ1) is 6.86. The SMILES string of the molecule is Cl[SiH](Cc1ccccc1)C1CCCC1. The lowest BCUT2D eigenvalue weighted by Gasteiger charge is -2.14. The van der Waals surface area contributed by atoms with Gasteiger partial charge in [-0.05, 0) is 17.1 Å². The molecule has 0 radical (unpaired) electrons. The van der Waals surface area contributed by atoms with Crippen LogP contribution in [0.4, 0.5) is 0 Å². The van der Waals surface area contributed by atoms with Crippen LogP contribution in [0.1, 0.15) is 31.2 Å². The second-order valence-corrected chi connectivity index (χ2v) is 8.32. The average molecular weight is 225 g/mol. The quantitative estimate of drug-likeness (QED) is 0.543. The zero-order valence-electron chi connectivity index (χ0n) is 8.45.